The molecule has 2 nitrogen and oxygen atoms in total. The van der Waals surface area contributed by atoms with Gasteiger partial charge in [0, 0.05) is 33.9 Å². The molecule has 0 amide bonds. The van der Waals surface area contributed by atoms with Gasteiger partial charge in [0.15, 0.2) is 0 Å². The van der Waals surface area contributed by atoms with Gasteiger partial charge in [0.25, 0.3) is 0 Å². The van der Waals surface area contributed by atoms with Crippen LogP contribution in [0.2, 0.25) is 0 Å². The second-order valence-corrected chi connectivity index (χ2v) is 7.58. The monoisotopic (exact) mass is 351 g/mol. The lowest BCUT2D eigenvalue weighted by molar-refractivity contribution is 0.0658. The summed E-state index contributed by atoms with van der Waals surface area (Å²) in [5.41, 5.74) is 1.14. The Bertz CT molecular complexity index is 608. The summed E-state index contributed by atoms with van der Waals surface area (Å²) in [6, 6.07) is 10.8. The van der Waals surface area contributed by atoms with Crippen LogP contribution in [0.3, 0.4) is 0 Å². The maximum atomic E-state index is 6.06. The minimum absolute atomic E-state index is 0.126. The Morgan fingerprint density at radius 1 is 1.35 bits per heavy atom. The van der Waals surface area contributed by atoms with Gasteiger partial charge in [0.1, 0.15) is 11.4 Å². The van der Waals surface area contributed by atoms with Gasteiger partial charge >= 0.3 is 0 Å². The van der Waals surface area contributed by atoms with Gasteiger partial charge in [-0.1, -0.05) is 18.2 Å². The Balaban J connectivity index is 1.80. The van der Waals surface area contributed by atoms with E-state index in [1.807, 2.05) is 6.07 Å². The molecular formula is C16H18BrNOS. The third-order valence-electron chi connectivity index (χ3n) is 3.58. The van der Waals surface area contributed by atoms with Gasteiger partial charge in [-0.15, -0.1) is 11.3 Å². The fourth-order valence-corrected chi connectivity index (χ4v) is 4.09. The molecule has 0 saturated heterocycles. The van der Waals surface area contributed by atoms with E-state index < -0.39 is 0 Å². The summed E-state index contributed by atoms with van der Waals surface area (Å²) in [5, 5.41) is 5.79. The third-order valence-corrected chi connectivity index (χ3v) is 5.50. The highest BCUT2D eigenvalue weighted by Crippen LogP contribution is 2.39. The molecule has 4 heteroatoms. The van der Waals surface area contributed by atoms with Gasteiger partial charge in [-0.2, -0.15) is 0 Å². The molecular weight excluding hydrogens is 334 g/mol. The van der Waals surface area contributed by atoms with E-state index in [0.29, 0.717) is 6.04 Å². The van der Waals surface area contributed by atoms with Gasteiger partial charge in [-0.25, -0.2) is 0 Å². The highest BCUT2D eigenvalue weighted by atomic mass is 79.9. The van der Waals surface area contributed by atoms with Crippen molar-refractivity contribution in [2.24, 2.45) is 0 Å². The molecule has 2 aromatic rings. The molecule has 1 aliphatic rings. The largest absolute Gasteiger partial charge is 0.487 e. The minimum Gasteiger partial charge on any atom is -0.487 e. The van der Waals surface area contributed by atoms with E-state index in [9.17, 15) is 0 Å². The molecule has 1 N–H and O–H groups in total. The molecule has 3 rings (SSSR count). The number of hydrogen-bond acceptors (Lipinski definition) is 3. The number of halogens is 1. The molecule has 2 heterocycles. The van der Waals surface area contributed by atoms with Crippen LogP contribution >= 0.6 is 27.3 Å². The SMILES string of the molecule is CC1(C)CC(NCc2sccc2Br)c2ccccc2O1. The average Bonchev–Trinajstić information content (AvgIpc) is 2.80. The predicted octanol–water partition coefficient (Wildman–Crippen LogP) is 4.90. The number of fused-ring (bicyclic) bond motifs is 1. The second-order valence-electron chi connectivity index (χ2n) is 5.73. The van der Waals surface area contributed by atoms with Crippen molar-refractivity contribution in [3.8, 4) is 5.75 Å². The zero-order chi connectivity index (χ0) is 14.2. The number of ether oxygens (including phenoxy) is 1. The number of benzene rings is 1. The van der Waals surface area contributed by atoms with Crippen molar-refractivity contribution in [3.63, 3.8) is 0 Å². The number of hydrogen-bond donors (Lipinski definition) is 1. The zero-order valence-electron chi connectivity index (χ0n) is 11.7. The molecule has 0 radical (unpaired) electrons. The minimum atomic E-state index is -0.126. The molecule has 0 fully saturated rings. The third kappa shape index (κ3) is 2.92. The highest BCUT2D eigenvalue weighted by Gasteiger charge is 2.33. The topological polar surface area (TPSA) is 21.3 Å². The van der Waals surface area contributed by atoms with Gasteiger partial charge in [-0.05, 0) is 47.3 Å². The van der Waals surface area contributed by atoms with E-state index in [-0.39, 0.29) is 5.60 Å². The van der Waals surface area contributed by atoms with Crippen LogP contribution < -0.4 is 10.1 Å². The van der Waals surface area contributed by atoms with Crippen molar-refractivity contribution >= 4 is 27.3 Å². The van der Waals surface area contributed by atoms with Crippen molar-refractivity contribution in [1.29, 1.82) is 0 Å². The predicted molar refractivity (Wildman–Crippen MR) is 87.4 cm³/mol. The Morgan fingerprint density at radius 2 is 2.15 bits per heavy atom. The molecule has 1 atom stereocenters. The lowest BCUT2D eigenvalue weighted by Crippen LogP contribution is -2.39. The van der Waals surface area contributed by atoms with Crippen LogP contribution in [0.4, 0.5) is 0 Å². The van der Waals surface area contributed by atoms with E-state index in [1.54, 1.807) is 11.3 Å². The van der Waals surface area contributed by atoms with Crippen LogP contribution in [0.5, 0.6) is 5.75 Å². The molecule has 1 aromatic carbocycles. The smallest absolute Gasteiger partial charge is 0.124 e. The van der Waals surface area contributed by atoms with E-state index >= 15 is 0 Å². The molecule has 1 unspecified atom stereocenters. The quantitative estimate of drug-likeness (QED) is 0.848. The summed E-state index contributed by atoms with van der Waals surface area (Å²) in [6.45, 7) is 5.19. The molecule has 0 spiro atoms. The summed E-state index contributed by atoms with van der Waals surface area (Å²) in [6.07, 6.45) is 0.979. The number of nitrogens with one attached hydrogen (secondary N) is 1. The maximum Gasteiger partial charge on any atom is 0.124 e. The fraction of sp³-hybridized carbons (Fsp3) is 0.375. The van der Waals surface area contributed by atoms with Crippen LogP contribution in [0.15, 0.2) is 40.2 Å². The molecule has 0 aliphatic carbocycles. The first kappa shape index (κ1) is 14.1. The van der Waals surface area contributed by atoms with Crippen molar-refractivity contribution in [2.45, 2.75) is 38.5 Å². The number of rotatable bonds is 3. The standard InChI is InChI=1S/C16H18BrNOS/c1-16(2)9-13(11-5-3-4-6-14(11)19-16)18-10-15-12(17)7-8-20-15/h3-8,13,18H,9-10H2,1-2H3. The fourth-order valence-electron chi connectivity index (χ4n) is 2.65. The van der Waals surface area contributed by atoms with Crippen molar-refractivity contribution in [2.75, 3.05) is 0 Å². The molecule has 0 bridgehead atoms. The number of thiophene rings is 1. The first-order valence-electron chi connectivity index (χ1n) is 6.78. The summed E-state index contributed by atoms with van der Waals surface area (Å²) < 4.78 is 7.25. The summed E-state index contributed by atoms with van der Waals surface area (Å²) in [4.78, 5) is 1.34. The van der Waals surface area contributed by atoms with Crippen LogP contribution in [0.1, 0.15) is 36.8 Å². The Hall–Kier alpha value is -0.840. The van der Waals surface area contributed by atoms with Gasteiger partial charge < -0.3 is 10.1 Å². The van der Waals surface area contributed by atoms with Gasteiger partial charge in [0.05, 0.1) is 0 Å². The van der Waals surface area contributed by atoms with Gasteiger partial charge in [0.2, 0.25) is 0 Å². The first-order chi connectivity index (χ1) is 9.55. The van der Waals surface area contributed by atoms with Crippen molar-refractivity contribution in [3.05, 3.63) is 50.6 Å². The first-order valence-corrected chi connectivity index (χ1v) is 8.46. The van der Waals surface area contributed by atoms with Crippen LogP contribution in [-0.4, -0.2) is 5.60 Å². The van der Waals surface area contributed by atoms with Crippen molar-refractivity contribution in [1.82, 2.24) is 5.32 Å². The molecule has 106 valence electrons. The molecule has 1 aliphatic heterocycles. The Labute approximate surface area is 132 Å². The van der Waals surface area contributed by atoms with E-state index in [0.717, 1.165) is 18.7 Å². The lowest BCUT2D eigenvalue weighted by Gasteiger charge is -2.38. The van der Waals surface area contributed by atoms with Crippen LogP contribution in [-0.2, 0) is 6.54 Å². The Kier molecular flexibility index (Phi) is 3.89. The second kappa shape index (κ2) is 5.51. The van der Waals surface area contributed by atoms with Crippen molar-refractivity contribution < 1.29 is 4.74 Å². The molecule has 1 aromatic heterocycles. The summed E-state index contributed by atoms with van der Waals surface area (Å²) in [7, 11) is 0. The van der Waals surface area contributed by atoms with Gasteiger partial charge in [-0.3, -0.25) is 0 Å². The molecule has 0 saturated carbocycles. The highest BCUT2D eigenvalue weighted by molar-refractivity contribution is 9.10. The summed E-state index contributed by atoms with van der Waals surface area (Å²) >= 11 is 5.37. The molecule has 20 heavy (non-hydrogen) atoms. The normalized spacial score (nSPS) is 20.2. The van der Waals surface area contributed by atoms with Crippen LogP contribution in [0, 0.1) is 0 Å². The Morgan fingerprint density at radius 3 is 2.90 bits per heavy atom. The zero-order valence-corrected chi connectivity index (χ0v) is 14.1. The van der Waals surface area contributed by atoms with E-state index in [2.05, 4.69) is 64.7 Å². The lowest BCUT2D eigenvalue weighted by atomic mass is 9.90. The average molecular weight is 352 g/mol. The van der Waals surface area contributed by atoms with Crippen LogP contribution in [0.25, 0.3) is 0 Å². The number of para-hydroxylation sites is 1. The summed E-state index contributed by atoms with van der Waals surface area (Å²) in [5.74, 6) is 1.01. The van der Waals surface area contributed by atoms with E-state index in [1.165, 1.54) is 14.9 Å². The van der Waals surface area contributed by atoms with E-state index in [4.69, 9.17) is 4.74 Å². The maximum absolute atomic E-state index is 6.06.